The van der Waals surface area contributed by atoms with Crippen molar-refractivity contribution in [1.29, 1.82) is 0 Å². The van der Waals surface area contributed by atoms with Crippen molar-refractivity contribution in [3.05, 3.63) is 0 Å². The summed E-state index contributed by atoms with van der Waals surface area (Å²) in [6.07, 6.45) is 36.3. The van der Waals surface area contributed by atoms with Crippen LogP contribution in [0.5, 0.6) is 0 Å². The number of rotatable bonds is 53. The Morgan fingerprint density at radius 3 is 1.29 bits per heavy atom. The minimum absolute atomic E-state index is 0.00876. The summed E-state index contributed by atoms with van der Waals surface area (Å²) in [6, 6.07) is 0. The summed E-state index contributed by atoms with van der Waals surface area (Å²) in [7, 11) is -4.58. The normalized spacial score (nSPS) is 12.8. The van der Waals surface area contributed by atoms with Crippen molar-refractivity contribution in [1.82, 2.24) is 0 Å². The maximum Gasteiger partial charge on any atom is 0.472 e. The Labute approximate surface area is 402 Å². The zero-order chi connectivity index (χ0) is 48.4. The van der Waals surface area contributed by atoms with Crippen LogP contribution in [0.15, 0.2) is 0 Å². The van der Waals surface area contributed by atoms with Gasteiger partial charge in [0.25, 0.3) is 0 Å². The number of phosphoric ester groups is 1. The van der Waals surface area contributed by atoms with Gasteiger partial charge in [0.2, 0.25) is 0 Å². The Morgan fingerprint density at radius 2 is 0.818 bits per heavy atom. The molecule has 0 fully saturated rings. The van der Waals surface area contributed by atoms with Gasteiger partial charge in [-0.15, -0.1) is 0 Å². The van der Waals surface area contributed by atoms with Crippen LogP contribution in [0.1, 0.15) is 252 Å². The van der Waals surface area contributed by atoms with E-state index in [2.05, 4.69) is 13.8 Å². The van der Waals surface area contributed by atoms with Crippen LogP contribution in [0.25, 0.3) is 0 Å². The first-order chi connectivity index (χ1) is 32.1. The first-order valence-corrected chi connectivity index (χ1v) is 28.4. The fourth-order valence-electron chi connectivity index (χ4n) is 7.56. The van der Waals surface area contributed by atoms with E-state index in [1.165, 1.54) is 141 Å². The standard InChI is InChI=1S/C52H99O13P/c1-4-7-9-11-13-15-17-19-21-23-25-27-29-31-33-37-50(54)62-46-49(65-52(56)38-34-32-30-28-26-24-22-20-18-16-14-12-10-8-5-2)47-64-66(57,58)63-41-35-36-48(53)39-43-61-51(55)40-42-60-45-44-59-6-3/h49H,4-47H2,1-3H3,(H,57,58). The van der Waals surface area contributed by atoms with Crippen molar-refractivity contribution in [3.63, 3.8) is 0 Å². The molecule has 2 atom stereocenters. The van der Waals surface area contributed by atoms with Gasteiger partial charge in [-0.05, 0) is 26.2 Å². The number of unbranched alkanes of at least 4 members (excludes halogenated alkanes) is 28. The van der Waals surface area contributed by atoms with E-state index in [1.807, 2.05) is 6.92 Å². The van der Waals surface area contributed by atoms with Crippen molar-refractivity contribution in [3.8, 4) is 0 Å². The second-order valence-corrected chi connectivity index (χ2v) is 19.4. The molecule has 1 N–H and O–H groups in total. The Balaban J connectivity index is 4.54. The number of carbonyl (C=O) groups is 4. The Bertz CT molecular complexity index is 1170. The van der Waals surface area contributed by atoms with E-state index in [-0.39, 0.29) is 70.7 Å². The van der Waals surface area contributed by atoms with Crippen LogP contribution >= 0.6 is 7.82 Å². The zero-order valence-corrected chi connectivity index (χ0v) is 43.4. The van der Waals surface area contributed by atoms with Gasteiger partial charge in [-0.1, -0.05) is 194 Å². The van der Waals surface area contributed by atoms with Crippen LogP contribution in [0, 0.1) is 0 Å². The average Bonchev–Trinajstić information content (AvgIpc) is 3.29. The molecule has 66 heavy (non-hydrogen) atoms. The van der Waals surface area contributed by atoms with E-state index in [0.29, 0.717) is 32.7 Å². The third-order valence-corrected chi connectivity index (χ3v) is 12.6. The van der Waals surface area contributed by atoms with Gasteiger partial charge in [0.15, 0.2) is 6.10 Å². The number of ether oxygens (including phenoxy) is 5. The lowest BCUT2D eigenvalue weighted by Gasteiger charge is -2.20. The second kappa shape index (κ2) is 49.5. The number of hydrogen-bond acceptors (Lipinski definition) is 12. The van der Waals surface area contributed by atoms with Crippen molar-refractivity contribution in [2.45, 2.75) is 258 Å². The molecule has 0 radical (unpaired) electrons. The minimum atomic E-state index is -4.58. The number of hydrogen-bond donors (Lipinski definition) is 1. The van der Waals surface area contributed by atoms with Crippen molar-refractivity contribution in [2.24, 2.45) is 0 Å². The largest absolute Gasteiger partial charge is 0.472 e. The third-order valence-electron chi connectivity index (χ3n) is 11.6. The molecule has 2 unspecified atom stereocenters. The molecule has 14 heteroatoms. The van der Waals surface area contributed by atoms with E-state index < -0.39 is 38.4 Å². The van der Waals surface area contributed by atoms with Gasteiger partial charge in [-0.3, -0.25) is 28.2 Å². The highest BCUT2D eigenvalue weighted by Crippen LogP contribution is 2.43. The van der Waals surface area contributed by atoms with E-state index >= 15 is 0 Å². The predicted molar refractivity (Wildman–Crippen MR) is 263 cm³/mol. The summed E-state index contributed by atoms with van der Waals surface area (Å²) in [5, 5.41) is 0. The third kappa shape index (κ3) is 48.6. The molecule has 0 rings (SSSR count). The monoisotopic (exact) mass is 963 g/mol. The molecular weight excluding hydrogens is 864 g/mol. The van der Waals surface area contributed by atoms with Gasteiger partial charge in [-0.25, -0.2) is 4.57 Å². The molecule has 0 amide bonds. The molecule has 0 aliphatic rings. The van der Waals surface area contributed by atoms with Crippen LogP contribution in [-0.4, -0.2) is 87.5 Å². The highest BCUT2D eigenvalue weighted by Gasteiger charge is 2.26. The Morgan fingerprint density at radius 1 is 0.394 bits per heavy atom. The summed E-state index contributed by atoms with van der Waals surface area (Å²) < 4.78 is 49.5. The van der Waals surface area contributed by atoms with Crippen LogP contribution in [-0.2, 0) is 56.5 Å². The maximum atomic E-state index is 12.8. The molecule has 0 aromatic rings. The molecular formula is C52H99O13P. The average molecular weight is 963 g/mol. The molecule has 13 nitrogen and oxygen atoms in total. The van der Waals surface area contributed by atoms with Crippen LogP contribution in [0.4, 0.5) is 0 Å². The molecule has 0 saturated heterocycles. The fourth-order valence-corrected chi connectivity index (χ4v) is 8.35. The summed E-state index contributed by atoms with van der Waals surface area (Å²) in [6.45, 7) is 6.90. The lowest BCUT2D eigenvalue weighted by atomic mass is 10.0. The molecule has 0 aromatic carbocycles. The molecule has 0 bridgehead atoms. The maximum absolute atomic E-state index is 12.8. The van der Waals surface area contributed by atoms with E-state index in [4.69, 9.17) is 32.7 Å². The number of Topliss-reactive ketones (excluding diaryl/α,β-unsaturated/α-hetero) is 1. The van der Waals surface area contributed by atoms with Gasteiger partial charge >= 0.3 is 25.7 Å². The zero-order valence-electron chi connectivity index (χ0n) is 42.5. The quantitative estimate of drug-likeness (QED) is 0.0265. The highest BCUT2D eigenvalue weighted by atomic mass is 31.2. The predicted octanol–water partition coefficient (Wildman–Crippen LogP) is 13.8. The van der Waals surface area contributed by atoms with Crippen molar-refractivity contribution < 1.29 is 61.4 Å². The minimum Gasteiger partial charge on any atom is -0.465 e. The van der Waals surface area contributed by atoms with Crippen molar-refractivity contribution >= 4 is 31.5 Å². The molecule has 0 heterocycles. The van der Waals surface area contributed by atoms with Gasteiger partial charge in [0.1, 0.15) is 12.4 Å². The second-order valence-electron chi connectivity index (χ2n) is 18.0. The van der Waals surface area contributed by atoms with Gasteiger partial charge in [-0.2, -0.15) is 0 Å². The van der Waals surface area contributed by atoms with E-state index in [1.54, 1.807) is 0 Å². The number of esters is 3. The SMILES string of the molecule is CCCCCCCCCCCCCCCCCC(=O)OCC(COP(=O)(O)OCCCC(=O)CCOC(=O)CCOCCOCC)OC(=O)CCCCCCCCCCCCCCCCC. The van der Waals surface area contributed by atoms with Crippen LogP contribution in [0.3, 0.4) is 0 Å². The molecule has 0 aromatic heterocycles. The molecule has 0 aliphatic carbocycles. The number of phosphoric acid groups is 1. The lowest BCUT2D eigenvalue weighted by molar-refractivity contribution is -0.161. The summed E-state index contributed by atoms with van der Waals surface area (Å²) in [5.41, 5.74) is 0. The van der Waals surface area contributed by atoms with Gasteiger partial charge in [0, 0.05) is 32.3 Å². The number of ketones is 1. The lowest BCUT2D eigenvalue weighted by Crippen LogP contribution is -2.29. The first kappa shape index (κ1) is 64.1. The Hall–Kier alpha value is -1.89. The van der Waals surface area contributed by atoms with Crippen LogP contribution < -0.4 is 0 Å². The molecule has 0 spiro atoms. The summed E-state index contributed by atoms with van der Waals surface area (Å²) >= 11 is 0. The van der Waals surface area contributed by atoms with E-state index in [9.17, 15) is 28.6 Å². The highest BCUT2D eigenvalue weighted by molar-refractivity contribution is 7.47. The number of carbonyl (C=O) groups excluding carboxylic acids is 4. The molecule has 0 saturated carbocycles. The Kier molecular flexibility index (Phi) is 48.1. The molecule has 0 aliphatic heterocycles. The first-order valence-electron chi connectivity index (χ1n) is 26.9. The fraction of sp³-hybridized carbons (Fsp3) is 0.923. The van der Waals surface area contributed by atoms with Crippen LogP contribution in [0.2, 0.25) is 0 Å². The van der Waals surface area contributed by atoms with Crippen molar-refractivity contribution in [2.75, 3.05) is 52.9 Å². The summed E-state index contributed by atoms with van der Waals surface area (Å²) in [5.74, 6) is -1.57. The van der Waals surface area contributed by atoms with Gasteiger partial charge < -0.3 is 28.6 Å². The van der Waals surface area contributed by atoms with E-state index in [0.717, 1.165) is 38.5 Å². The smallest absolute Gasteiger partial charge is 0.465 e. The topological polar surface area (TPSA) is 170 Å². The molecule has 390 valence electrons. The summed E-state index contributed by atoms with van der Waals surface area (Å²) in [4.78, 5) is 59.8. The van der Waals surface area contributed by atoms with Gasteiger partial charge in [0.05, 0.1) is 46.1 Å².